The average Bonchev–Trinajstić information content (AvgIpc) is 2.67. The highest BCUT2D eigenvalue weighted by molar-refractivity contribution is 6.00. The van der Waals surface area contributed by atoms with Crippen molar-refractivity contribution in [2.45, 2.75) is 31.7 Å². The molecule has 3 rings (SSSR count). The summed E-state index contributed by atoms with van der Waals surface area (Å²) in [5, 5.41) is 9.98. The van der Waals surface area contributed by atoms with Crippen LogP contribution in [-0.2, 0) is 4.79 Å². The van der Waals surface area contributed by atoms with E-state index in [2.05, 4.69) is 6.92 Å². The maximum atomic E-state index is 13.1. The molecule has 1 aliphatic heterocycles. The van der Waals surface area contributed by atoms with Crippen LogP contribution in [0.1, 0.15) is 53.2 Å². The highest BCUT2D eigenvalue weighted by atomic mass is 16.5. The topological polar surface area (TPSA) is 66.8 Å². The molecule has 2 aromatic carbocycles. The van der Waals surface area contributed by atoms with E-state index in [1.807, 2.05) is 12.1 Å². The Bertz CT molecular complexity index is 800. The summed E-state index contributed by atoms with van der Waals surface area (Å²) in [4.78, 5) is 27.0. The zero-order valence-electron chi connectivity index (χ0n) is 15.0. The molecule has 2 atom stereocenters. The Morgan fingerprint density at radius 1 is 1.15 bits per heavy atom. The maximum Gasteiger partial charge on any atom is 0.313 e. The molecule has 5 heteroatoms. The van der Waals surface area contributed by atoms with Crippen molar-refractivity contribution in [1.82, 2.24) is 4.90 Å². The van der Waals surface area contributed by atoms with Gasteiger partial charge in [0.25, 0.3) is 5.91 Å². The van der Waals surface area contributed by atoms with Gasteiger partial charge in [0.2, 0.25) is 0 Å². The van der Waals surface area contributed by atoms with Gasteiger partial charge >= 0.3 is 5.97 Å². The zero-order valence-corrected chi connectivity index (χ0v) is 15.0. The number of nitrogens with zero attached hydrogens (tertiary/aromatic N) is 1. The summed E-state index contributed by atoms with van der Waals surface area (Å²) < 4.78 is 5.20. The summed E-state index contributed by atoms with van der Waals surface area (Å²) in [5.41, 5.74) is 1.87. The van der Waals surface area contributed by atoms with Crippen molar-refractivity contribution in [2.24, 2.45) is 0 Å². The minimum absolute atomic E-state index is 0.104. The van der Waals surface area contributed by atoms with E-state index in [-0.39, 0.29) is 5.91 Å². The zero-order chi connectivity index (χ0) is 18.7. The van der Waals surface area contributed by atoms with Gasteiger partial charge in [-0.3, -0.25) is 9.59 Å². The summed E-state index contributed by atoms with van der Waals surface area (Å²) >= 11 is 0. The van der Waals surface area contributed by atoms with E-state index >= 15 is 0 Å². The highest BCUT2D eigenvalue weighted by Crippen LogP contribution is 2.43. The first kappa shape index (κ1) is 18.0. The van der Waals surface area contributed by atoms with Crippen LogP contribution in [-0.4, -0.2) is 35.5 Å². The van der Waals surface area contributed by atoms with E-state index in [9.17, 15) is 14.7 Å². The van der Waals surface area contributed by atoms with Gasteiger partial charge in [-0.05, 0) is 35.7 Å². The first-order valence-electron chi connectivity index (χ1n) is 8.85. The van der Waals surface area contributed by atoms with Gasteiger partial charge in [0.15, 0.2) is 0 Å². The van der Waals surface area contributed by atoms with E-state index in [1.54, 1.807) is 48.4 Å². The standard InChI is InChI=1S/C21H23NO4/c1-3-4-13-22-19(14-9-11-15(26-2)12-10-14)18(21(24)25)16-7-5-6-8-17(16)20(22)23/h5-12,18-19H,3-4,13H2,1-2H3,(H,24,25). The van der Waals surface area contributed by atoms with Crippen LogP contribution in [0.2, 0.25) is 0 Å². The monoisotopic (exact) mass is 353 g/mol. The fourth-order valence-electron chi connectivity index (χ4n) is 3.60. The van der Waals surface area contributed by atoms with E-state index in [1.165, 1.54) is 0 Å². The molecule has 0 aromatic heterocycles. The normalized spacial score (nSPS) is 19.2. The van der Waals surface area contributed by atoms with Crippen LogP contribution in [0.5, 0.6) is 5.75 Å². The molecule has 2 aromatic rings. The van der Waals surface area contributed by atoms with Gasteiger partial charge in [-0.15, -0.1) is 0 Å². The molecule has 0 saturated carbocycles. The van der Waals surface area contributed by atoms with Crippen molar-refractivity contribution in [3.05, 3.63) is 65.2 Å². The van der Waals surface area contributed by atoms with E-state index in [0.717, 1.165) is 18.4 Å². The quantitative estimate of drug-likeness (QED) is 0.856. The lowest BCUT2D eigenvalue weighted by Gasteiger charge is -2.41. The number of methoxy groups -OCH3 is 1. The van der Waals surface area contributed by atoms with Gasteiger partial charge in [0.1, 0.15) is 11.7 Å². The number of ether oxygens (including phenoxy) is 1. The third-order valence-corrected chi connectivity index (χ3v) is 4.91. The molecule has 0 bridgehead atoms. The number of unbranched alkanes of at least 4 members (excludes halogenated alkanes) is 1. The van der Waals surface area contributed by atoms with Crippen LogP contribution in [0.15, 0.2) is 48.5 Å². The lowest BCUT2D eigenvalue weighted by Crippen LogP contribution is -2.45. The minimum Gasteiger partial charge on any atom is -0.497 e. The lowest BCUT2D eigenvalue weighted by molar-refractivity contribution is -0.140. The summed E-state index contributed by atoms with van der Waals surface area (Å²) in [7, 11) is 1.59. The highest BCUT2D eigenvalue weighted by Gasteiger charge is 2.43. The van der Waals surface area contributed by atoms with Gasteiger partial charge in [-0.25, -0.2) is 0 Å². The summed E-state index contributed by atoms with van der Waals surface area (Å²) in [5.74, 6) is -1.13. The van der Waals surface area contributed by atoms with Crippen LogP contribution in [0.4, 0.5) is 0 Å². The van der Waals surface area contributed by atoms with Crippen molar-refractivity contribution in [3.8, 4) is 5.75 Å². The molecular formula is C21H23NO4. The summed E-state index contributed by atoms with van der Waals surface area (Å²) in [6.07, 6.45) is 1.76. The molecule has 136 valence electrons. The minimum atomic E-state index is -0.924. The summed E-state index contributed by atoms with van der Waals surface area (Å²) in [6, 6.07) is 13.8. The molecule has 2 unspecified atom stereocenters. The van der Waals surface area contributed by atoms with Gasteiger partial charge in [-0.2, -0.15) is 0 Å². The third kappa shape index (κ3) is 3.17. The molecule has 1 N–H and O–H groups in total. The van der Waals surface area contributed by atoms with Crippen molar-refractivity contribution >= 4 is 11.9 Å². The SMILES string of the molecule is CCCCN1C(=O)c2ccccc2C(C(=O)O)C1c1ccc(OC)cc1. The molecule has 0 fully saturated rings. The molecule has 0 saturated heterocycles. The summed E-state index contributed by atoms with van der Waals surface area (Å²) in [6.45, 7) is 2.59. The predicted molar refractivity (Wildman–Crippen MR) is 98.5 cm³/mol. The second kappa shape index (κ2) is 7.60. The van der Waals surface area contributed by atoms with Crippen LogP contribution in [0.3, 0.4) is 0 Å². The smallest absolute Gasteiger partial charge is 0.313 e. The lowest BCUT2D eigenvalue weighted by atomic mass is 9.79. The number of fused-ring (bicyclic) bond motifs is 1. The third-order valence-electron chi connectivity index (χ3n) is 4.91. The van der Waals surface area contributed by atoms with Crippen molar-refractivity contribution in [3.63, 3.8) is 0 Å². The number of hydrogen-bond acceptors (Lipinski definition) is 3. The van der Waals surface area contributed by atoms with Crippen LogP contribution < -0.4 is 4.74 Å². The Kier molecular flexibility index (Phi) is 5.26. The fraction of sp³-hybridized carbons (Fsp3) is 0.333. The van der Waals surface area contributed by atoms with E-state index < -0.39 is 17.9 Å². The molecular weight excluding hydrogens is 330 g/mol. The van der Waals surface area contributed by atoms with Gasteiger partial charge in [-0.1, -0.05) is 43.7 Å². The van der Waals surface area contributed by atoms with Gasteiger partial charge < -0.3 is 14.7 Å². The molecule has 1 aliphatic rings. The van der Waals surface area contributed by atoms with Crippen molar-refractivity contribution in [1.29, 1.82) is 0 Å². The van der Waals surface area contributed by atoms with Gasteiger partial charge in [0, 0.05) is 12.1 Å². The van der Waals surface area contributed by atoms with Gasteiger partial charge in [0.05, 0.1) is 13.2 Å². The molecule has 0 aliphatic carbocycles. The average molecular weight is 353 g/mol. The Balaban J connectivity index is 2.14. The number of amides is 1. The van der Waals surface area contributed by atoms with Crippen LogP contribution in [0, 0.1) is 0 Å². The molecule has 0 radical (unpaired) electrons. The Morgan fingerprint density at radius 3 is 2.46 bits per heavy atom. The fourth-order valence-corrected chi connectivity index (χ4v) is 3.60. The Labute approximate surface area is 153 Å². The van der Waals surface area contributed by atoms with Crippen molar-refractivity contribution < 1.29 is 19.4 Å². The first-order chi connectivity index (χ1) is 12.6. The molecule has 1 heterocycles. The number of rotatable bonds is 6. The van der Waals surface area contributed by atoms with E-state index in [0.29, 0.717) is 23.4 Å². The first-order valence-corrected chi connectivity index (χ1v) is 8.85. The number of benzene rings is 2. The number of carbonyl (C=O) groups excluding carboxylic acids is 1. The maximum absolute atomic E-state index is 13.1. The van der Waals surface area contributed by atoms with Crippen LogP contribution >= 0.6 is 0 Å². The number of carboxylic acids is 1. The number of hydrogen-bond donors (Lipinski definition) is 1. The second-order valence-electron chi connectivity index (χ2n) is 6.47. The van der Waals surface area contributed by atoms with Crippen LogP contribution in [0.25, 0.3) is 0 Å². The molecule has 1 amide bonds. The molecule has 5 nitrogen and oxygen atoms in total. The molecule has 0 spiro atoms. The van der Waals surface area contributed by atoms with E-state index in [4.69, 9.17) is 4.74 Å². The number of aliphatic carboxylic acids is 1. The largest absolute Gasteiger partial charge is 0.497 e. The second-order valence-corrected chi connectivity index (χ2v) is 6.47. The molecule has 26 heavy (non-hydrogen) atoms. The predicted octanol–water partition coefficient (Wildman–Crippen LogP) is 3.86. The number of carboxylic acid groups (broad SMARTS) is 1. The van der Waals surface area contributed by atoms with Crippen molar-refractivity contribution in [2.75, 3.05) is 13.7 Å². The Hall–Kier alpha value is -2.82. The Morgan fingerprint density at radius 2 is 1.85 bits per heavy atom. The number of carbonyl (C=O) groups is 2.